The molecule has 0 saturated carbocycles. The molecule has 1 aliphatic rings. The molecular weight excluding hydrogens is 106 g/mol. The van der Waals surface area contributed by atoms with E-state index < -0.39 is 0 Å². The second-order valence-corrected chi connectivity index (χ2v) is 1.34. The lowest BCUT2D eigenvalue weighted by Gasteiger charge is -2.00. The molecule has 0 bridgehead atoms. The molecule has 0 aromatic heterocycles. The molecule has 0 N–H and O–H groups in total. The fraction of sp³-hybridized carbons (Fsp3) is 0.250. The second-order valence-electron chi connectivity index (χ2n) is 1.34. The van der Waals surface area contributed by atoms with E-state index in [0.29, 0.717) is 0 Å². The van der Waals surface area contributed by atoms with Crippen molar-refractivity contribution >= 4 is 6.34 Å². The zero-order valence-electron chi connectivity index (χ0n) is 4.33. The summed E-state index contributed by atoms with van der Waals surface area (Å²) < 4.78 is 0. The van der Waals surface area contributed by atoms with E-state index in [1.165, 1.54) is 13.3 Å². The number of azo groups is 1. The number of allylic oxidation sites excluding steroid dienone is 1. The first-order valence-electron chi connectivity index (χ1n) is 2.12. The van der Waals surface area contributed by atoms with E-state index in [9.17, 15) is 5.11 Å². The van der Waals surface area contributed by atoms with Crippen molar-refractivity contribution < 1.29 is 5.11 Å². The van der Waals surface area contributed by atoms with Crippen molar-refractivity contribution in [3.8, 4) is 0 Å². The van der Waals surface area contributed by atoms with Crippen molar-refractivity contribution in [2.75, 3.05) is 0 Å². The number of nitrogens with zero attached hydrogens (tertiary/aromatic N) is 3. The molecule has 0 fully saturated rings. The summed E-state index contributed by atoms with van der Waals surface area (Å²) in [6.45, 7) is 1.40. The van der Waals surface area contributed by atoms with E-state index in [1.54, 1.807) is 0 Å². The van der Waals surface area contributed by atoms with Gasteiger partial charge in [0.25, 0.3) is 0 Å². The molecule has 1 rings (SSSR count). The van der Waals surface area contributed by atoms with Crippen LogP contribution in [0.25, 0.3) is 0 Å². The van der Waals surface area contributed by atoms with Gasteiger partial charge in [-0.3, -0.25) is 0 Å². The summed E-state index contributed by atoms with van der Waals surface area (Å²) in [5.74, 6) is 0.0347. The van der Waals surface area contributed by atoms with Crippen molar-refractivity contribution in [3.05, 3.63) is 11.6 Å². The SMILES string of the molecule is CC([O-])=C1N=CN=N1. The summed E-state index contributed by atoms with van der Waals surface area (Å²) in [4.78, 5) is 3.54. The van der Waals surface area contributed by atoms with Gasteiger partial charge in [-0.15, -0.1) is 10.2 Å². The van der Waals surface area contributed by atoms with Crippen molar-refractivity contribution in [2.45, 2.75) is 6.92 Å². The third-order valence-electron chi connectivity index (χ3n) is 0.699. The molecule has 0 saturated heterocycles. The highest BCUT2D eigenvalue weighted by Crippen LogP contribution is 2.05. The van der Waals surface area contributed by atoms with Crippen LogP contribution in [0.5, 0.6) is 0 Å². The van der Waals surface area contributed by atoms with Crippen LogP contribution in [0.1, 0.15) is 6.92 Å². The van der Waals surface area contributed by atoms with Crippen LogP contribution in [0, 0.1) is 0 Å². The van der Waals surface area contributed by atoms with Crippen LogP contribution in [0.3, 0.4) is 0 Å². The third kappa shape index (κ3) is 0.726. The van der Waals surface area contributed by atoms with E-state index in [1.807, 2.05) is 0 Å². The molecular formula is C4H4N3O-. The fourth-order valence-electron chi connectivity index (χ4n) is 0.348. The molecule has 0 unspecified atom stereocenters. The minimum Gasteiger partial charge on any atom is -0.873 e. The van der Waals surface area contributed by atoms with Gasteiger partial charge >= 0.3 is 0 Å². The predicted molar refractivity (Wildman–Crippen MR) is 26.0 cm³/mol. The summed E-state index contributed by atoms with van der Waals surface area (Å²) in [6, 6.07) is 0. The van der Waals surface area contributed by atoms with Gasteiger partial charge in [0.1, 0.15) is 6.34 Å². The Morgan fingerprint density at radius 2 is 2.50 bits per heavy atom. The van der Waals surface area contributed by atoms with Gasteiger partial charge in [0.2, 0.25) is 0 Å². The van der Waals surface area contributed by atoms with Gasteiger partial charge in [0.05, 0.1) is 0 Å². The standard InChI is InChI=1S/C4H5N3O/c1-3(8)4-5-2-6-7-4/h2,8H,1H3/p-1. The number of aliphatic imine (C=N–C) groups is 1. The van der Waals surface area contributed by atoms with Gasteiger partial charge in [-0.05, 0) is 0 Å². The Bertz CT molecular complexity index is 162. The van der Waals surface area contributed by atoms with E-state index in [2.05, 4.69) is 15.2 Å². The summed E-state index contributed by atoms with van der Waals surface area (Å²) >= 11 is 0. The molecule has 4 heteroatoms. The van der Waals surface area contributed by atoms with Crippen molar-refractivity contribution in [1.29, 1.82) is 0 Å². The van der Waals surface area contributed by atoms with Gasteiger partial charge in [0, 0.05) is 0 Å². The lowest BCUT2D eigenvalue weighted by molar-refractivity contribution is -0.303. The first-order chi connectivity index (χ1) is 3.80. The van der Waals surface area contributed by atoms with Gasteiger partial charge in [-0.2, -0.15) is 0 Å². The van der Waals surface area contributed by atoms with Gasteiger partial charge in [0.15, 0.2) is 5.82 Å². The van der Waals surface area contributed by atoms with Crippen LogP contribution in [-0.2, 0) is 0 Å². The Labute approximate surface area is 46.3 Å². The molecule has 0 amide bonds. The zero-order valence-corrected chi connectivity index (χ0v) is 4.33. The van der Waals surface area contributed by atoms with Crippen LogP contribution in [0.4, 0.5) is 0 Å². The molecule has 0 aromatic rings. The maximum absolute atomic E-state index is 10.3. The van der Waals surface area contributed by atoms with Crippen LogP contribution in [-0.4, -0.2) is 6.34 Å². The highest BCUT2D eigenvalue weighted by Gasteiger charge is 1.92. The maximum atomic E-state index is 10.3. The zero-order chi connectivity index (χ0) is 5.98. The van der Waals surface area contributed by atoms with Gasteiger partial charge in [-0.1, -0.05) is 12.7 Å². The number of rotatable bonds is 0. The lowest BCUT2D eigenvalue weighted by atomic mass is 10.6. The minimum atomic E-state index is -0.150. The summed E-state index contributed by atoms with van der Waals surface area (Å²) in [6.07, 6.45) is 1.25. The Morgan fingerprint density at radius 1 is 1.75 bits per heavy atom. The molecule has 0 spiro atoms. The summed E-state index contributed by atoms with van der Waals surface area (Å²) in [5, 5.41) is 17.1. The summed E-state index contributed by atoms with van der Waals surface area (Å²) in [7, 11) is 0. The smallest absolute Gasteiger partial charge is 0.163 e. The maximum Gasteiger partial charge on any atom is 0.163 e. The Balaban J connectivity index is 2.90. The van der Waals surface area contributed by atoms with Gasteiger partial charge in [-0.25, -0.2) is 4.99 Å². The average molecular weight is 110 g/mol. The number of hydrogen-bond acceptors (Lipinski definition) is 4. The Morgan fingerprint density at radius 3 is 2.75 bits per heavy atom. The molecule has 0 atom stereocenters. The Kier molecular flexibility index (Phi) is 1.07. The molecule has 1 aliphatic heterocycles. The predicted octanol–water partition coefficient (Wildman–Crippen LogP) is 0.0298. The average Bonchev–Trinajstić information content (AvgIpc) is 2.12. The monoisotopic (exact) mass is 110 g/mol. The fourth-order valence-corrected chi connectivity index (χ4v) is 0.348. The molecule has 4 nitrogen and oxygen atoms in total. The van der Waals surface area contributed by atoms with E-state index in [0.717, 1.165) is 0 Å². The van der Waals surface area contributed by atoms with Crippen LogP contribution in [0.2, 0.25) is 0 Å². The largest absolute Gasteiger partial charge is 0.873 e. The van der Waals surface area contributed by atoms with Crippen molar-refractivity contribution in [3.63, 3.8) is 0 Å². The van der Waals surface area contributed by atoms with E-state index >= 15 is 0 Å². The van der Waals surface area contributed by atoms with Crippen LogP contribution in [0.15, 0.2) is 26.8 Å². The van der Waals surface area contributed by atoms with E-state index in [-0.39, 0.29) is 11.6 Å². The Hall–Kier alpha value is -1.19. The van der Waals surface area contributed by atoms with E-state index in [4.69, 9.17) is 0 Å². The minimum absolute atomic E-state index is 0.150. The first-order valence-corrected chi connectivity index (χ1v) is 2.12. The molecule has 0 aromatic carbocycles. The highest BCUT2D eigenvalue weighted by atomic mass is 16.3. The van der Waals surface area contributed by atoms with Crippen molar-refractivity contribution in [1.82, 2.24) is 0 Å². The number of hydrogen-bond donors (Lipinski definition) is 0. The quantitative estimate of drug-likeness (QED) is 0.406. The molecule has 0 radical (unpaired) electrons. The topological polar surface area (TPSA) is 60.1 Å². The highest BCUT2D eigenvalue weighted by molar-refractivity contribution is 5.58. The molecule has 0 aliphatic carbocycles. The lowest BCUT2D eigenvalue weighted by Crippen LogP contribution is -1.99. The molecule has 1 heterocycles. The van der Waals surface area contributed by atoms with Crippen molar-refractivity contribution in [2.24, 2.45) is 15.2 Å². The third-order valence-corrected chi connectivity index (χ3v) is 0.699. The van der Waals surface area contributed by atoms with Gasteiger partial charge < -0.3 is 5.11 Å². The van der Waals surface area contributed by atoms with Crippen LogP contribution < -0.4 is 5.11 Å². The molecule has 8 heavy (non-hydrogen) atoms. The normalized spacial score (nSPS) is 22.1. The summed E-state index contributed by atoms with van der Waals surface area (Å²) in [5.41, 5.74) is 0. The second kappa shape index (κ2) is 1.73. The first kappa shape index (κ1) is 4.96. The van der Waals surface area contributed by atoms with Crippen LogP contribution >= 0.6 is 0 Å². The molecule has 42 valence electrons.